The Labute approximate surface area is 85.6 Å². The molecule has 0 amide bonds. The van der Waals surface area contributed by atoms with E-state index in [2.05, 4.69) is 20.8 Å². The van der Waals surface area contributed by atoms with Crippen LogP contribution >= 0.6 is 11.8 Å². The van der Waals surface area contributed by atoms with E-state index in [1.54, 1.807) is 7.11 Å². The lowest BCUT2D eigenvalue weighted by molar-refractivity contribution is -0.0436. The molecule has 13 heavy (non-hydrogen) atoms. The van der Waals surface area contributed by atoms with Crippen LogP contribution in [0.3, 0.4) is 0 Å². The van der Waals surface area contributed by atoms with Gasteiger partial charge in [0.1, 0.15) is 0 Å². The van der Waals surface area contributed by atoms with Crippen LogP contribution in [0.15, 0.2) is 0 Å². The highest BCUT2D eigenvalue weighted by molar-refractivity contribution is 8.00. The van der Waals surface area contributed by atoms with Gasteiger partial charge in [0.15, 0.2) is 0 Å². The largest absolute Gasteiger partial charge is 0.377 e. The summed E-state index contributed by atoms with van der Waals surface area (Å²) in [7, 11) is 1.77. The zero-order chi connectivity index (χ0) is 10.1. The Hall–Kier alpha value is 0.270. The summed E-state index contributed by atoms with van der Waals surface area (Å²) in [6.45, 7) is 7.33. The first-order valence-corrected chi connectivity index (χ1v) is 5.84. The molecule has 0 aromatic rings. The lowest BCUT2D eigenvalue weighted by atomic mass is 9.78. The summed E-state index contributed by atoms with van der Waals surface area (Å²) in [4.78, 5) is 0. The van der Waals surface area contributed by atoms with Crippen LogP contribution in [0.4, 0.5) is 0 Å². The second-order valence-electron chi connectivity index (χ2n) is 4.51. The molecule has 1 rings (SSSR count). The van der Waals surface area contributed by atoms with Crippen LogP contribution in [0.5, 0.6) is 0 Å². The molecule has 1 heterocycles. The molecule has 2 unspecified atom stereocenters. The van der Waals surface area contributed by atoms with Crippen LogP contribution in [0.25, 0.3) is 0 Å². The maximum atomic E-state index is 5.78. The van der Waals surface area contributed by atoms with E-state index in [-0.39, 0.29) is 5.60 Å². The van der Waals surface area contributed by atoms with Gasteiger partial charge in [0.25, 0.3) is 0 Å². The van der Waals surface area contributed by atoms with Crippen LogP contribution < -0.4 is 5.73 Å². The minimum Gasteiger partial charge on any atom is -0.377 e. The third-order valence-electron chi connectivity index (χ3n) is 3.33. The summed E-state index contributed by atoms with van der Waals surface area (Å²) in [5, 5.41) is 0. The Kier molecular flexibility index (Phi) is 3.31. The van der Waals surface area contributed by atoms with Gasteiger partial charge in [0, 0.05) is 24.3 Å². The van der Waals surface area contributed by atoms with Crippen molar-refractivity contribution >= 4 is 11.8 Å². The van der Waals surface area contributed by atoms with Crippen molar-refractivity contribution in [2.24, 2.45) is 11.7 Å². The molecule has 0 saturated carbocycles. The highest BCUT2D eigenvalue weighted by Crippen LogP contribution is 2.48. The Balaban J connectivity index is 2.80. The van der Waals surface area contributed by atoms with Crippen molar-refractivity contribution in [3.63, 3.8) is 0 Å². The van der Waals surface area contributed by atoms with Crippen molar-refractivity contribution < 1.29 is 4.74 Å². The molecule has 2 N–H and O–H groups in total. The molecular formula is C10H21NOS. The topological polar surface area (TPSA) is 35.2 Å². The van der Waals surface area contributed by atoms with Crippen molar-refractivity contribution in [3.05, 3.63) is 0 Å². The van der Waals surface area contributed by atoms with Gasteiger partial charge in [-0.2, -0.15) is 11.8 Å². The van der Waals surface area contributed by atoms with E-state index in [0.29, 0.717) is 17.2 Å². The molecule has 1 aliphatic rings. The lowest BCUT2D eigenvalue weighted by Gasteiger charge is -2.40. The average molecular weight is 203 g/mol. The maximum absolute atomic E-state index is 5.78. The lowest BCUT2D eigenvalue weighted by Crippen LogP contribution is -2.49. The third kappa shape index (κ3) is 2.03. The summed E-state index contributed by atoms with van der Waals surface area (Å²) in [5.41, 5.74) is 5.64. The number of ether oxygens (including phenoxy) is 1. The number of hydrogen-bond acceptors (Lipinski definition) is 3. The van der Waals surface area contributed by atoms with Gasteiger partial charge in [-0.1, -0.05) is 13.8 Å². The molecule has 0 bridgehead atoms. The zero-order valence-electron chi connectivity index (χ0n) is 9.09. The Bertz CT molecular complexity index is 178. The summed E-state index contributed by atoms with van der Waals surface area (Å²) in [6.07, 6.45) is 1.22. The highest BCUT2D eigenvalue weighted by atomic mass is 32.2. The SMILES string of the molecule is COC(C)(CN)C1CCSC1(C)C. The fourth-order valence-electron chi connectivity index (χ4n) is 2.30. The molecule has 0 aliphatic carbocycles. The molecule has 2 nitrogen and oxygen atoms in total. The first-order chi connectivity index (χ1) is 5.96. The Morgan fingerprint density at radius 3 is 2.54 bits per heavy atom. The number of thioether (sulfide) groups is 1. The van der Waals surface area contributed by atoms with Gasteiger partial charge in [-0.25, -0.2) is 0 Å². The van der Waals surface area contributed by atoms with E-state index >= 15 is 0 Å². The zero-order valence-corrected chi connectivity index (χ0v) is 9.91. The summed E-state index contributed by atoms with van der Waals surface area (Å²) in [5.74, 6) is 1.80. The normalized spacial score (nSPS) is 31.6. The molecule has 2 atom stereocenters. The second-order valence-corrected chi connectivity index (χ2v) is 6.26. The van der Waals surface area contributed by atoms with E-state index in [4.69, 9.17) is 10.5 Å². The molecule has 78 valence electrons. The maximum Gasteiger partial charge on any atom is 0.0813 e. The smallest absolute Gasteiger partial charge is 0.0813 e. The molecule has 1 aliphatic heterocycles. The number of rotatable bonds is 3. The molecular weight excluding hydrogens is 182 g/mol. The van der Waals surface area contributed by atoms with Gasteiger partial charge in [-0.05, 0) is 19.1 Å². The molecule has 0 spiro atoms. The molecule has 1 saturated heterocycles. The predicted octanol–water partition coefficient (Wildman–Crippen LogP) is 1.88. The Morgan fingerprint density at radius 2 is 2.23 bits per heavy atom. The van der Waals surface area contributed by atoms with E-state index in [1.807, 2.05) is 11.8 Å². The fourth-order valence-corrected chi connectivity index (χ4v) is 3.74. The molecule has 0 radical (unpaired) electrons. The number of hydrogen-bond donors (Lipinski definition) is 1. The van der Waals surface area contributed by atoms with Crippen LogP contribution in [0.1, 0.15) is 27.2 Å². The predicted molar refractivity (Wildman–Crippen MR) is 59.1 cm³/mol. The fraction of sp³-hybridized carbons (Fsp3) is 1.00. The molecule has 0 aromatic heterocycles. The average Bonchev–Trinajstić information content (AvgIpc) is 2.44. The van der Waals surface area contributed by atoms with Gasteiger partial charge in [0.2, 0.25) is 0 Å². The molecule has 0 aromatic carbocycles. The standard InChI is InChI=1S/C10H21NOS/c1-9(2)8(5-6-13-9)10(3,7-11)12-4/h8H,5-7,11H2,1-4H3. The van der Waals surface area contributed by atoms with Crippen LogP contribution in [0, 0.1) is 5.92 Å². The first-order valence-electron chi connectivity index (χ1n) is 4.85. The number of methoxy groups -OCH3 is 1. The summed E-state index contributed by atoms with van der Waals surface area (Å²) in [6, 6.07) is 0. The van der Waals surface area contributed by atoms with Gasteiger partial charge in [-0.3, -0.25) is 0 Å². The van der Waals surface area contributed by atoms with Crippen LogP contribution in [0.2, 0.25) is 0 Å². The van der Waals surface area contributed by atoms with Gasteiger partial charge in [-0.15, -0.1) is 0 Å². The van der Waals surface area contributed by atoms with E-state index in [0.717, 1.165) is 0 Å². The van der Waals surface area contributed by atoms with E-state index in [9.17, 15) is 0 Å². The second kappa shape index (κ2) is 3.79. The van der Waals surface area contributed by atoms with Gasteiger partial charge < -0.3 is 10.5 Å². The third-order valence-corrected chi connectivity index (χ3v) is 4.80. The van der Waals surface area contributed by atoms with Crippen molar-refractivity contribution in [3.8, 4) is 0 Å². The van der Waals surface area contributed by atoms with Crippen molar-refractivity contribution in [2.75, 3.05) is 19.4 Å². The highest BCUT2D eigenvalue weighted by Gasteiger charge is 2.46. The number of nitrogens with two attached hydrogens (primary N) is 1. The van der Waals surface area contributed by atoms with Crippen molar-refractivity contribution in [1.82, 2.24) is 0 Å². The quantitative estimate of drug-likeness (QED) is 0.760. The van der Waals surface area contributed by atoms with Crippen molar-refractivity contribution in [1.29, 1.82) is 0 Å². The van der Waals surface area contributed by atoms with Gasteiger partial charge in [0.05, 0.1) is 5.60 Å². The van der Waals surface area contributed by atoms with E-state index in [1.165, 1.54) is 12.2 Å². The first kappa shape index (κ1) is 11.3. The Morgan fingerprint density at radius 1 is 1.62 bits per heavy atom. The molecule has 3 heteroatoms. The summed E-state index contributed by atoms with van der Waals surface area (Å²) < 4.78 is 5.88. The van der Waals surface area contributed by atoms with Crippen LogP contribution in [-0.4, -0.2) is 29.8 Å². The monoisotopic (exact) mass is 203 g/mol. The van der Waals surface area contributed by atoms with Crippen LogP contribution in [-0.2, 0) is 4.74 Å². The summed E-state index contributed by atoms with van der Waals surface area (Å²) >= 11 is 2.03. The van der Waals surface area contributed by atoms with Crippen molar-refractivity contribution in [2.45, 2.75) is 37.5 Å². The van der Waals surface area contributed by atoms with Gasteiger partial charge >= 0.3 is 0 Å². The van der Waals surface area contributed by atoms with E-state index < -0.39 is 0 Å². The minimum absolute atomic E-state index is 0.146. The molecule has 1 fully saturated rings. The minimum atomic E-state index is -0.146.